The number of rotatable bonds is 4. The molecular formula is C43H44N2O2. The normalized spacial score (nSPS) is 21.1. The molecule has 0 saturated carbocycles. The molecular weight excluding hydrogens is 576 g/mol. The number of hydrogen-bond donors (Lipinski definition) is 1. The van der Waals surface area contributed by atoms with Crippen molar-refractivity contribution in [3.8, 4) is 22.6 Å². The van der Waals surface area contributed by atoms with E-state index in [-0.39, 0.29) is 16.5 Å². The van der Waals surface area contributed by atoms with Gasteiger partial charge in [0.25, 0.3) is 0 Å². The van der Waals surface area contributed by atoms with Gasteiger partial charge in [0.15, 0.2) is 5.60 Å². The van der Waals surface area contributed by atoms with E-state index in [2.05, 4.69) is 149 Å². The predicted octanol–water partition coefficient (Wildman–Crippen LogP) is 9.47. The van der Waals surface area contributed by atoms with E-state index in [1.54, 1.807) is 7.11 Å². The van der Waals surface area contributed by atoms with Crippen LogP contribution in [0.15, 0.2) is 103 Å². The van der Waals surface area contributed by atoms with E-state index in [0.717, 1.165) is 46.5 Å². The fourth-order valence-electron chi connectivity index (χ4n) is 9.39. The molecule has 1 unspecified atom stereocenters. The molecule has 0 radical (unpaired) electrons. The number of piperidine rings is 1. The lowest BCUT2D eigenvalue weighted by Crippen LogP contribution is -2.62. The van der Waals surface area contributed by atoms with E-state index in [4.69, 9.17) is 9.47 Å². The van der Waals surface area contributed by atoms with Crippen LogP contribution < -0.4 is 19.7 Å². The summed E-state index contributed by atoms with van der Waals surface area (Å²) in [7, 11) is 5.86. The van der Waals surface area contributed by atoms with Crippen LogP contribution in [0.3, 0.4) is 0 Å². The summed E-state index contributed by atoms with van der Waals surface area (Å²) in [6.45, 7) is 9.45. The number of nitrogens with one attached hydrogen (secondary N) is 1. The van der Waals surface area contributed by atoms with Crippen molar-refractivity contribution >= 4 is 22.5 Å². The predicted molar refractivity (Wildman–Crippen MR) is 195 cm³/mol. The molecule has 1 spiro atoms. The highest BCUT2D eigenvalue weighted by molar-refractivity contribution is 6.08. The molecule has 5 aromatic rings. The quantitative estimate of drug-likeness (QED) is 0.217. The van der Waals surface area contributed by atoms with Crippen LogP contribution in [-0.4, -0.2) is 32.3 Å². The second-order valence-corrected chi connectivity index (χ2v) is 15.3. The monoisotopic (exact) mass is 620 g/mol. The Morgan fingerprint density at radius 1 is 0.723 bits per heavy atom. The lowest BCUT2D eigenvalue weighted by atomic mass is 9.60. The zero-order chi connectivity index (χ0) is 32.8. The first-order valence-corrected chi connectivity index (χ1v) is 16.8. The molecule has 1 atom stereocenters. The summed E-state index contributed by atoms with van der Waals surface area (Å²) >= 11 is 0. The molecule has 1 fully saturated rings. The van der Waals surface area contributed by atoms with Gasteiger partial charge in [0.05, 0.1) is 7.11 Å². The number of benzene rings is 5. The van der Waals surface area contributed by atoms with Gasteiger partial charge in [-0.1, -0.05) is 78.9 Å². The molecule has 4 nitrogen and oxygen atoms in total. The van der Waals surface area contributed by atoms with E-state index in [1.807, 2.05) is 12.1 Å². The minimum Gasteiger partial charge on any atom is -0.497 e. The van der Waals surface area contributed by atoms with Gasteiger partial charge in [0.2, 0.25) is 0 Å². The summed E-state index contributed by atoms with van der Waals surface area (Å²) < 4.78 is 13.1. The highest BCUT2D eigenvalue weighted by Gasteiger charge is 2.55. The number of anilines is 1. The summed E-state index contributed by atoms with van der Waals surface area (Å²) in [6.07, 6.45) is 6.68. The Morgan fingerprint density at radius 3 is 1.96 bits per heavy atom. The van der Waals surface area contributed by atoms with Gasteiger partial charge in [0, 0.05) is 58.4 Å². The van der Waals surface area contributed by atoms with E-state index in [0.29, 0.717) is 0 Å². The van der Waals surface area contributed by atoms with Crippen molar-refractivity contribution in [2.45, 2.75) is 62.6 Å². The molecule has 0 amide bonds. The molecule has 1 saturated heterocycles. The minimum absolute atomic E-state index is 0.0602. The van der Waals surface area contributed by atoms with Crippen molar-refractivity contribution in [2.24, 2.45) is 0 Å². The van der Waals surface area contributed by atoms with Gasteiger partial charge in [-0.15, -0.1) is 0 Å². The zero-order valence-corrected chi connectivity index (χ0v) is 28.6. The molecule has 2 aliphatic heterocycles. The van der Waals surface area contributed by atoms with Crippen LogP contribution in [0, 0.1) is 0 Å². The Balaban J connectivity index is 1.43. The number of hydrogen-bond acceptors (Lipinski definition) is 4. The summed E-state index contributed by atoms with van der Waals surface area (Å²) in [5.74, 6) is 1.78. The third-order valence-corrected chi connectivity index (χ3v) is 10.6. The van der Waals surface area contributed by atoms with Crippen LogP contribution in [0.1, 0.15) is 68.4 Å². The highest BCUT2D eigenvalue weighted by atomic mass is 16.5. The number of methoxy groups -OCH3 is 1. The van der Waals surface area contributed by atoms with Crippen LogP contribution in [0.25, 0.3) is 28.0 Å². The number of fused-ring (bicyclic) bond motifs is 10. The Hall–Kier alpha value is -4.54. The fraction of sp³-hybridized carbons (Fsp3) is 0.302. The summed E-state index contributed by atoms with van der Waals surface area (Å²) in [6, 6.07) is 35.1. The second-order valence-electron chi connectivity index (χ2n) is 15.3. The SMILES string of the molecule is COc1ccc(C2(c3ccc(N(C)C)cc3)C=Cc3c4c(c5ccccc5c3O2)-c2ccccc2C42CC(C)(C)NC(C)(C)C2)cc1. The topological polar surface area (TPSA) is 33.7 Å². The zero-order valence-electron chi connectivity index (χ0n) is 28.6. The van der Waals surface area contributed by atoms with Gasteiger partial charge < -0.3 is 19.7 Å². The van der Waals surface area contributed by atoms with E-state index < -0.39 is 5.60 Å². The third-order valence-electron chi connectivity index (χ3n) is 10.6. The average Bonchev–Trinajstić information content (AvgIpc) is 3.32. The molecule has 3 aliphatic rings. The Morgan fingerprint density at radius 2 is 1.32 bits per heavy atom. The minimum atomic E-state index is -0.827. The molecule has 47 heavy (non-hydrogen) atoms. The van der Waals surface area contributed by atoms with Crippen molar-refractivity contribution < 1.29 is 9.47 Å². The maximum absolute atomic E-state index is 7.58. The number of nitrogens with zero attached hydrogens (tertiary/aromatic N) is 1. The van der Waals surface area contributed by atoms with Crippen LogP contribution >= 0.6 is 0 Å². The number of ether oxygens (including phenoxy) is 2. The molecule has 5 aromatic carbocycles. The van der Waals surface area contributed by atoms with Crippen molar-refractivity contribution in [1.82, 2.24) is 5.32 Å². The maximum Gasteiger partial charge on any atom is 0.178 e. The standard InChI is InChI=1S/C43H44N2O2/c1-40(2)26-42(27-41(3,4)44-40)36-15-11-10-14-34(36)37-32-12-8-9-13-33(32)39-35(38(37)42)24-25-43(47-39,29-18-22-31(46-7)23-19-29)28-16-20-30(21-17-28)45(5)6/h8-25,44H,26-27H2,1-7H3. The second kappa shape index (κ2) is 10.2. The molecule has 1 aliphatic carbocycles. The molecule has 0 bridgehead atoms. The molecule has 0 aromatic heterocycles. The Kier molecular flexibility index (Phi) is 6.49. The summed E-state index contributed by atoms with van der Waals surface area (Å²) in [4.78, 5) is 2.13. The Bertz CT molecular complexity index is 2040. The van der Waals surface area contributed by atoms with Crippen LogP contribution in [0.5, 0.6) is 11.5 Å². The van der Waals surface area contributed by atoms with Gasteiger partial charge in [-0.2, -0.15) is 0 Å². The van der Waals surface area contributed by atoms with E-state index in [9.17, 15) is 0 Å². The molecule has 1 N–H and O–H groups in total. The van der Waals surface area contributed by atoms with Gasteiger partial charge >= 0.3 is 0 Å². The first kappa shape index (κ1) is 29.8. The molecule has 8 rings (SSSR count). The lowest BCUT2D eigenvalue weighted by Gasteiger charge is -2.53. The summed E-state index contributed by atoms with van der Waals surface area (Å²) in [5, 5.41) is 6.37. The van der Waals surface area contributed by atoms with Crippen molar-refractivity contribution in [1.29, 1.82) is 0 Å². The molecule has 238 valence electrons. The highest BCUT2D eigenvalue weighted by Crippen LogP contribution is 2.63. The van der Waals surface area contributed by atoms with Crippen LogP contribution in [-0.2, 0) is 11.0 Å². The maximum atomic E-state index is 7.58. The smallest absolute Gasteiger partial charge is 0.178 e. The first-order chi connectivity index (χ1) is 22.5. The van der Waals surface area contributed by atoms with Crippen LogP contribution in [0.4, 0.5) is 5.69 Å². The first-order valence-electron chi connectivity index (χ1n) is 16.8. The Labute approximate surface area is 279 Å². The third kappa shape index (κ3) is 4.45. The van der Waals surface area contributed by atoms with E-state index >= 15 is 0 Å². The van der Waals surface area contributed by atoms with Gasteiger partial charge in [0.1, 0.15) is 11.5 Å². The van der Waals surface area contributed by atoms with Crippen molar-refractivity contribution in [2.75, 3.05) is 26.1 Å². The lowest BCUT2D eigenvalue weighted by molar-refractivity contribution is 0.124. The van der Waals surface area contributed by atoms with Gasteiger partial charge in [-0.05, 0) is 98.5 Å². The van der Waals surface area contributed by atoms with Crippen LogP contribution in [0.2, 0.25) is 0 Å². The van der Waals surface area contributed by atoms with Crippen molar-refractivity contribution in [3.63, 3.8) is 0 Å². The fourth-order valence-corrected chi connectivity index (χ4v) is 9.39. The average molecular weight is 621 g/mol. The molecule has 2 heterocycles. The van der Waals surface area contributed by atoms with Gasteiger partial charge in [-0.25, -0.2) is 0 Å². The molecule has 4 heteroatoms. The largest absolute Gasteiger partial charge is 0.497 e. The summed E-state index contributed by atoms with van der Waals surface area (Å²) in [5.41, 5.74) is 8.96. The van der Waals surface area contributed by atoms with Crippen molar-refractivity contribution in [3.05, 3.63) is 131 Å². The van der Waals surface area contributed by atoms with Gasteiger partial charge in [-0.3, -0.25) is 0 Å². The van der Waals surface area contributed by atoms with E-state index in [1.165, 1.54) is 33.2 Å².